The highest BCUT2D eigenvalue weighted by molar-refractivity contribution is 6.04. The van der Waals surface area contributed by atoms with Gasteiger partial charge in [0, 0.05) is 35.6 Å². The normalized spacial score (nSPS) is 14.2. The standard InChI is InChI=1S/C17H26N2.C10H14O2/c1-11(2)19(7)15(6)9-13(4)16-10-17(18)14(5)8-12(16)3;1-7(11)9-5-3-4-6-10(9)8(2)12/h8-11H,6,18H2,1-5,7H3;3-6H2,1-2H3. The maximum absolute atomic E-state index is 11.1. The molecule has 2 N–H and O–H groups in total. The number of likely N-dealkylation sites (N-methyl/N-ethyl adjacent to an activating group) is 1. The van der Waals surface area contributed by atoms with Crippen molar-refractivity contribution in [3.8, 4) is 0 Å². The van der Waals surface area contributed by atoms with E-state index in [9.17, 15) is 9.59 Å². The van der Waals surface area contributed by atoms with Gasteiger partial charge in [0.2, 0.25) is 0 Å². The fraction of sp³-hybridized carbons (Fsp3) is 0.481. The number of hydrogen-bond acceptors (Lipinski definition) is 4. The molecule has 0 bridgehead atoms. The van der Waals surface area contributed by atoms with Gasteiger partial charge in [-0.25, -0.2) is 0 Å². The molecule has 2 rings (SSSR count). The number of carbonyl (C=O) groups is 2. The van der Waals surface area contributed by atoms with Crippen molar-refractivity contribution >= 4 is 22.8 Å². The van der Waals surface area contributed by atoms with Crippen LogP contribution in [0.4, 0.5) is 5.69 Å². The van der Waals surface area contributed by atoms with Gasteiger partial charge in [0.15, 0.2) is 11.6 Å². The van der Waals surface area contributed by atoms with E-state index in [1.54, 1.807) is 13.8 Å². The molecule has 1 aromatic carbocycles. The lowest BCUT2D eigenvalue weighted by Crippen LogP contribution is -2.24. The summed E-state index contributed by atoms with van der Waals surface area (Å²) in [6.07, 6.45) is 5.81. The Kier molecular flexibility index (Phi) is 9.96. The third-order valence-corrected chi connectivity index (χ3v) is 5.97. The van der Waals surface area contributed by atoms with Gasteiger partial charge in [-0.15, -0.1) is 0 Å². The van der Waals surface area contributed by atoms with Crippen molar-refractivity contribution in [3.05, 3.63) is 58.3 Å². The smallest absolute Gasteiger partial charge is 0.156 e. The highest BCUT2D eigenvalue weighted by Crippen LogP contribution is 2.26. The summed E-state index contributed by atoms with van der Waals surface area (Å²) in [4.78, 5) is 24.4. The number of anilines is 1. The Hall–Kier alpha value is -2.62. The lowest BCUT2D eigenvalue weighted by atomic mass is 9.88. The second-order valence-electron chi connectivity index (χ2n) is 8.82. The number of nitrogens with zero attached hydrogens (tertiary/aromatic N) is 1. The molecule has 0 aromatic heterocycles. The summed E-state index contributed by atoms with van der Waals surface area (Å²) >= 11 is 0. The van der Waals surface area contributed by atoms with E-state index in [4.69, 9.17) is 5.73 Å². The average molecular weight is 425 g/mol. The molecule has 0 saturated heterocycles. The van der Waals surface area contributed by atoms with E-state index in [1.165, 1.54) is 16.7 Å². The predicted molar refractivity (Wildman–Crippen MR) is 133 cm³/mol. The fourth-order valence-electron chi connectivity index (χ4n) is 3.74. The van der Waals surface area contributed by atoms with Gasteiger partial charge in [-0.3, -0.25) is 9.59 Å². The molecule has 170 valence electrons. The van der Waals surface area contributed by atoms with Crippen molar-refractivity contribution in [2.45, 2.75) is 80.2 Å². The fourth-order valence-corrected chi connectivity index (χ4v) is 3.74. The zero-order valence-electron chi connectivity index (χ0n) is 20.7. The van der Waals surface area contributed by atoms with E-state index in [2.05, 4.69) is 64.4 Å². The number of allylic oxidation sites excluding steroid dienone is 4. The van der Waals surface area contributed by atoms with Gasteiger partial charge in [0.1, 0.15) is 0 Å². The largest absolute Gasteiger partial charge is 0.398 e. The average Bonchev–Trinajstić information content (AvgIpc) is 2.70. The molecular formula is C27H40N2O2. The van der Waals surface area contributed by atoms with Crippen molar-refractivity contribution in [2.24, 2.45) is 0 Å². The molecule has 0 spiro atoms. The van der Waals surface area contributed by atoms with Gasteiger partial charge in [0.25, 0.3) is 0 Å². The van der Waals surface area contributed by atoms with E-state index in [-0.39, 0.29) is 11.6 Å². The quantitative estimate of drug-likeness (QED) is 0.437. The molecule has 0 atom stereocenters. The molecule has 1 aliphatic carbocycles. The number of Topliss-reactive ketones (excluding diaryl/α,β-unsaturated/α-hetero) is 2. The van der Waals surface area contributed by atoms with Crippen LogP contribution in [0.5, 0.6) is 0 Å². The highest BCUT2D eigenvalue weighted by atomic mass is 16.1. The van der Waals surface area contributed by atoms with Gasteiger partial charge < -0.3 is 10.6 Å². The summed E-state index contributed by atoms with van der Waals surface area (Å²) in [5.41, 5.74) is 14.2. The van der Waals surface area contributed by atoms with Crippen molar-refractivity contribution in [2.75, 3.05) is 12.8 Å². The van der Waals surface area contributed by atoms with Gasteiger partial charge in [-0.05, 0) is 109 Å². The maximum atomic E-state index is 11.1. The monoisotopic (exact) mass is 424 g/mol. The van der Waals surface area contributed by atoms with Crippen molar-refractivity contribution in [3.63, 3.8) is 0 Å². The van der Waals surface area contributed by atoms with Crippen LogP contribution in [0.2, 0.25) is 0 Å². The molecule has 31 heavy (non-hydrogen) atoms. The summed E-state index contributed by atoms with van der Waals surface area (Å²) in [5.74, 6) is 0.139. The van der Waals surface area contributed by atoms with E-state index in [1.807, 2.05) is 6.92 Å². The van der Waals surface area contributed by atoms with Gasteiger partial charge in [-0.2, -0.15) is 0 Å². The molecule has 0 aliphatic heterocycles. The lowest BCUT2D eigenvalue weighted by molar-refractivity contribution is -0.116. The van der Waals surface area contributed by atoms with Crippen LogP contribution in [-0.4, -0.2) is 29.6 Å². The first-order chi connectivity index (χ1) is 14.4. The van der Waals surface area contributed by atoms with E-state index in [0.29, 0.717) is 6.04 Å². The number of benzene rings is 1. The van der Waals surface area contributed by atoms with Crippen molar-refractivity contribution < 1.29 is 9.59 Å². The molecule has 0 radical (unpaired) electrons. The number of hydrogen-bond donors (Lipinski definition) is 1. The number of carbonyl (C=O) groups excluding carboxylic acids is 2. The van der Waals surface area contributed by atoms with Crippen LogP contribution < -0.4 is 5.73 Å². The Balaban J connectivity index is 0.000000343. The van der Waals surface area contributed by atoms with Crippen LogP contribution in [0.25, 0.3) is 5.57 Å². The molecule has 0 unspecified atom stereocenters. The zero-order chi connectivity index (χ0) is 23.9. The van der Waals surface area contributed by atoms with Crippen LogP contribution in [0, 0.1) is 13.8 Å². The van der Waals surface area contributed by atoms with Crippen LogP contribution in [0.3, 0.4) is 0 Å². The molecule has 0 saturated carbocycles. The van der Waals surface area contributed by atoms with Gasteiger partial charge in [0.05, 0.1) is 0 Å². The third-order valence-electron chi connectivity index (χ3n) is 5.97. The number of nitrogen functional groups attached to an aromatic ring is 1. The van der Waals surface area contributed by atoms with Crippen LogP contribution in [0.1, 0.15) is 77.0 Å². The van der Waals surface area contributed by atoms with E-state index in [0.717, 1.165) is 53.8 Å². The van der Waals surface area contributed by atoms with Gasteiger partial charge >= 0.3 is 0 Å². The molecular weight excluding hydrogens is 384 g/mol. The molecule has 1 aliphatic rings. The van der Waals surface area contributed by atoms with Crippen molar-refractivity contribution in [1.82, 2.24) is 4.90 Å². The first-order valence-electron chi connectivity index (χ1n) is 11.1. The SMILES string of the molecule is C=C(C=C(C)c1cc(N)c(C)cc1C)N(C)C(C)C.CC(=O)C1=C(C(C)=O)CCCC1. The van der Waals surface area contributed by atoms with Crippen LogP contribution in [0.15, 0.2) is 41.6 Å². The Morgan fingerprint density at radius 2 is 1.48 bits per heavy atom. The van der Waals surface area contributed by atoms with Crippen LogP contribution in [-0.2, 0) is 9.59 Å². The number of rotatable bonds is 6. The summed E-state index contributed by atoms with van der Waals surface area (Å²) in [7, 11) is 2.06. The number of ketones is 2. The molecule has 4 heteroatoms. The first kappa shape index (κ1) is 26.4. The summed E-state index contributed by atoms with van der Waals surface area (Å²) in [6.45, 7) is 17.8. The summed E-state index contributed by atoms with van der Waals surface area (Å²) in [6, 6.07) is 4.64. The molecule has 1 aromatic rings. The highest BCUT2D eigenvalue weighted by Gasteiger charge is 2.18. The van der Waals surface area contributed by atoms with Crippen molar-refractivity contribution in [1.29, 1.82) is 0 Å². The minimum absolute atomic E-state index is 0.0694. The Morgan fingerprint density at radius 3 is 1.90 bits per heavy atom. The third kappa shape index (κ3) is 7.54. The maximum Gasteiger partial charge on any atom is 0.156 e. The predicted octanol–water partition coefficient (Wildman–Crippen LogP) is 6.18. The molecule has 0 amide bonds. The Morgan fingerprint density at radius 1 is 1.00 bits per heavy atom. The second-order valence-corrected chi connectivity index (χ2v) is 8.82. The topological polar surface area (TPSA) is 63.4 Å². The molecule has 4 nitrogen and oxygen atoms in total. The van der Waals surface area contributed by atoms with Crippen LogP contribution >= 0.6 is 0 Å². The summed E-state index contributed by atoms with van der Waals surface area (Å²) < 4.78 is 0. The molecule has 0 fully saturated rings. The minimum atomic E-state index is 0.0694. The zero-order valence-corrected chi connectivity index (χ0v) is 20.7. The van der Waals surface area contributed by atoms with E-state index >= 15 is 0 Å². The molecule has 0 heterocycles. The summed E-state index contributed by atoms with van der Waals surface area (Å²) in [5, 5.41) is 0. The Labute approximate surface area is 188 Å². The van der Waals surface area contributed by atoms with Gasteiger partial charge in [-0.1, -0.05) is 12.6 Å². The minimum Gasteiger partial charge on any atom is -0.398 e. The Bertz CT molecular complexity index is 878. The second kappa shape index (κ2) is 11.7. The number of aryl methyl sites for hydroxylation is 2. The van der Waals surface area contributed by atoms with E-state index < -0.39 is 0 Å². The lowest BCUT2D eigenvalue weighted by Gasteiger charge is -2.24. The number of nitrogens with two attached hydrogens (primary N) is 1. The first-order valence-corrected chi connectivity index (χ1v) is 11.1.